The Morgan fingerprint density at radius 1 is 1.04 bits per heavy atom. The third-order valence-electron chi connectivity index (χ3n) is 4.05. The van der Waals surface area contributed by atoms with Crippen LogP contribution in [0.5, 0.6) is 5.75 Å². The van der Waals surface area contributed by atoms with Crippen molar-refractivity contribution < 1.29 is 5.11 Å². The summed E-state index contributed by atoms with van der Waals surface area (Å²) in [7, 11) is 0. The van der Waals surface area contributed by atoms with E-state index in [1.54, 1.807) is 12.1 Å². The van der Waals surface area contributed by atoms with Crippen molar-refractivity contribution in [1.29, 1.82) is 0 Å². The third-order valence-corrected chi connectivity index (χ3v) is 4.05. The third kappa shape index (κ3) is 4.06. The lowest BCUT2D eigenvalue weighted by Gasteiger charge is -2.17. The van der Waals surface area contributed by atoms with Crippen LogP contribution in [-0.2, 0) is 0 Å². The van der Waals surface area contributed by atoms with Crippen molar-refractivity contribution >= 4 is 16.7 Å². The van der Waals surface area contributed by atoms with Crippen LogP contribution in [0.2, 0.25) is 0 Å². The maximum Gasteiger partial charge on any atom is 0.165 e. The van der Waals surface area contributed by atoms with Gasteiger partial charge in [0.15, 0.2) is 5.82 Å². The number of nitrogens with one attached hydrogen (secondary N) is 1. The molecule has 5 nitrogen and oxygen atoms in total. The Labute approximate surface area is 147 Å². The number of phenols is 1. The summed E-state index contributed by atoms with van der Waals surface area (Å²) in [5, 5.41) is 14.4. The Morgan fingerprint density at radius 2 is 1.76 bits per heavy atom. The number of hydrogen-bond donors (Lipinski definition) is 3. The van der Waals surface area contributed by atoms with E-state index in [1.807, 2.05) is 36.4 Å². The number of hydrogen-bond acceptors (Lipinski definition) is 5. The van der Waals surface area contributed by atoms with Crippen molar-refractivity contribution in [2.24, 2.45) is 11.7 Å². The summed E-state index contributed by atoms with van der Waals surface area (Å²) in [4.78, 5) is 9.25. The second-order valence-corrected chi connectivity index (χ2v) is 6.70. The van der Waals surface area contributed by atoms with Crippen LogP contribution in [0.3, 0.4) is 0 Å². The Bertz CT molecular complexity index is 863. The summed E-state index contributed by atoms with van der Waals surface area (Å²) < 4.78 is 0. The van der Waals surface area contributed by atoms with Crippen LogP contribution in [0.4, 0.5) is 5.82 Å². The first-order valence-electron chi connectivity index (χ1n) is 8.59. The van der Waals surface area contributed by atoms with Crippen LogP contribution in [0.25, 0.3) is 22.3 Å². The zero-order valence-corrected chi connectivity index (χ0v) is 14.6. The maximum atomic E-state index is 10.1. The molecule has 0 saturated carbocycles. The number of rotatable bonds is 6. The first-order chi connectivity index (χ1) is 12.0. The minimum atomic E-state index is 0.0577. The Hall–Kier alpha value is -2.66. The topological polar surface area (TPSA) is 84.1 Å². The van der Waals surface area contributed by atoms with Gasteiger partial charge in [-0.2, -0.15) is 0 Å². The second-order valence-electron chi connectivity index (χ2n) is 6.70. The van der Waals surface area contributed by atoms with Crippen LogP contribution in [-0.4, -0.2) is 27.7 Å². The van der Waals surface area contributed by atoms with Gasteiger partial charge in [0.2, 0.25) is 0 Å². The number of anilines is 1. The fourth-order valence-electron chi connectivity index (χ4n) is 2.91. The first-order valence-corrected chi connectivity index (χ1v) is 8.59. The summed E-state index contributed by atoms with van der Waals surface area (Å²) in [6, 6.07) is 15.0. The van der Waals surface area contributed by atoms with Gasteiger partial charge in [0.1, 0.15) is 11.6 Å². The van der Waals surface area contributed by atoms with Crippen molar-refractivity contribution in [1.82, 2.24) is 9.97 Å². The molecule has 25 heavy (non-hydrogen) atoms. The van der Waals surface area contributed by atoms with Gasteiger partial charge in [-0.15, -0.1) is 0 Å². The summed E-state index contributed by atoms with van der Waals surface area (Å²) in [6.45, 7) is 4.96. The molecule has 0 radical (unpaired) electrons. The quantitative estimate of drug-likeness (QED) is 0.638. The standard InChI is InChI=1S/C20H24N4O/c1-13(2)11-14(21)12-22-19-15-7-3-5-9-17(15)23-20(24-19)16-8-4-6-10-18(16)25/h3-10,13-14,25H,11-12,21H2,1-2H3,(H,22,23,24)/t14-/m0/s1. The monoisotopic (exact) mass is 336 g/mol. The van der Waals surface area contributed by atoms with Crippen LogP contribution in [0.1, 0.15) is 20.3 Å². The van der Waals surface area contributed by atoms with E-state index in [0.717, 1.165) is 23.1 Å². The van der Waals surface area contributed by atoms with E-state index in [-0.39, 0.29) is 11.8 Å². The number of aromatic hydroxyl groups is 1. The van der Waals surface area contributed by atoms with E-state index in [9.17, 15) is 5.11 Å². The Morgan fingerprint density at radius 3 is 2.52 bits per heavy atom. The molecule has 1 heterocycles. The van der Waals surface area contributed by atoms with Crippen molar-refractivity contribution in [3.05, 3.63) is 48.5 Å². The van der Waals surface area contributed by atoms with Gasteiger partial charge in [0.05, 0.1) is 11.1 Å². The van der Waals surface area contributed by atoms with E-state index >= 15 is 0 Å². The SMILES string of the molecule is CC(C)C[C@H](N)CNc1nc(-c2ccccc2O)nc2ccccc12. The summed E-state index contributed by atoms with van der Waals surface area (Å²) in [6.07, 6.45) is 0.947. The highest BCUT2D eigenvalue weighted by atomic mass is 16.3. The number of aromatic nitrogens is 2. The molecule has 1 atom stereocenters. The lowest BCUT2D eigenvalue weighted by atomic mass is 10.0. The minimum absolute atomic E-state index is 0.0577. The summed E-state index contributed by atoms with van der Waals surface area (Å²) in [5.74, 6) is 1.95. The smallest absolute Gasteiger partial charge is 0.165 e. The van der Waals surface area contributed by atoms with Gasteiger partial charge < -0.3 is 16.2 Å². The molecule has 2 aromatic carbocycles. The molecule has 3 aromatic rings. The van der Waals surface area contributed by atoms with E-state index in [1.165, 1.54) is 0 Å². The van der Waals surface area contributed by atoms with Crippen LogP contribution < -0.4 is 11.1 Å². The molecule has 0 unspecified atom stereocenters. The summed E-state index contributed by atoms with van der Waals surface area (Å²) in [5.41, 5.74) is 7.64. The zero-order valence-electron chi connectivity index (χ0n) is 14.6. The van der Waals surface area contributed by atoms with Crippen molar-refractivity contribution in [2.45, 2.75) is 26.3 Å². The molecule has 0 aliphatic carbocycles. The number of phenolic OH excluding ortho intramolecular Hbond substituents is 1. The molecule has 0 aliphatic rings. The normalized spacial score (nSPS) is 12.5. The largest absolute Gasteiger partial charge is 0.507 e. The highest BCUT2D eigenvalue weighted by Gasteiger charge is 2.13. The minimum Gasteiger partial charge on any atom is -0.507 e. The molecular weight excluding hydrogens is 312 g/mol. The predicted octanol–water partition coefficient (Wildman–Crippen LogP) is 3.79. The molecule has 0 amide bonds. The summed E-state index contributed by atoms with van der Waals surface area (Å²) >= 11 is 0. The fourth-order valence-corrected chi connectivity index (χ4v) is 2.91. The fraction of sp³-hybridized carbons (Fsp3) is 0.300. The lowest BCUT2D eigenvalue weighted by molar-refractivity contribution is 0.477. The van der Waals surface area contributed by atoms with Gasteiger partial charge in [-0.3, -0.25) is 0 Å². The van der Waals surface area contributed by atoms with Gasteiger partial charge >= 0.3 is 0 Å². The van der Waals surface area contributed by atoms with E-state index in [2.05, 4.69) is 29.1 Å². The van der Waals surface area contributed by atoms with Gasteiger partial charge in [0.25, 0.3) is 0 Å². The molecule has 0 fully saturated rings. The molecule has 1 aromatic heterocycles. The van der Waals surface area contributed by atoms with Crippen LogP contribution >= 0.6 is 0 Å². The van der Waals surface area contributed by atoms with Gasteiger partial charge in [-0.25, -0.2) is 9.97 Å². The molecule has 0 saturated heterocycles. The molecule has 130 valence electrons. The average Bonchev–Trinajstić information content (AvgIpc) is 2.59. The highest BCUT2D eigenvalue weighted by molar-refractivity contribution is 5.90. The lowest BCUT2D eigenvalue weighted by Crippen LogP contribution is -2.30. The molecule has 0 aliphatic heterocycles. The number of fused-ring (bicyclic) bond motifs is 1. The van der Waals surface area contributed by atoms with E-state index < -0.39 is 0 Å². The van der Waals surface area contributed by atoms with Crippen LogP contribution in [0.15, 0.2) is 48.5 Å². The highest BCUT2D eigenvalue weighted by Crippen LogP contribution is 2.29. The molecular formula is C20H24N4O. The zero-order chi connectivity index (χ0) is 17.8. The second kappa shape index (κ2) is 7.49. The van der Waals surface area contributed by atoms with Crippen molar-refractivity contribution in [3.8, 4) is 17.1 Å². The Balaban J connectivity index is 1.97. The van der Waals surface area contributed by atoms with Crippen molar-refractivity contribution in [2.75, 3.05) is 11.9 Å². The number of benzene rings is 2. The van der Waals surface area contributed by atoms with Gasteiger partial charge in [-0.1, -0.05) is 38.1 Å². The number of nitrogens with zero attached hydrogens (tertiary/aromatic N) is 2. The molecule has 4 N–H and O–H groups in total. The molecule has 5 heteroatoms. The average molecular weight is 336 g/mol. The van der Waals surface area contributed by atoms with Gasteiger partial charge in [0, 0.05) is 18.0 Å². The van der Waals surface area contributed by atoms with E-state index in [0.29, 0.717) is 23.9 Å². The van der Waals surface area contributed by atoms with E-state index in [4.69, 9.17) is 5.73 Å². The maximum absolute atomic E-state index is 10.1. The first kappa shape index (κ1) is 17.2. The Kier molecular flexibility index (Phi) is 5.14. The molecule has 3 rings (SSSR count). The number of nitrogens with two attached hydrogens (primary N) is 1. The predicted molar refractivity (Wildman–Crippen MR) is 103 cm³/mol. The molecule has 0 spiro atoms. The van der Waals surface area contributed by atoms with Crippen LogP contribution in [0, 0.1) is 5.92 Å². The number of para-hydroxylation sites is 2. The van der Waals surface area contributed by atoms with Crippen molar-refractivity contribution in [3.63, 3.8) is 0 Å². The van der Waals surface area contributed by atoms with Gasteiger partial charge in [-0.05, 0) is 36.6 Å². The molecule has 0 bridgehead atoms.